The number of carboxylic acids is 1. The monoisotopic (exact) mass is 266 g/mol. The summed E-state index contributed by atoms with van der Waals surface area (Å²) in [5, 5.41) is 12.0. The molecule has 0 saturated heterocycles. The highest BCUT2D eigenvalue weighted by Crippen LogP contribution is 2.25. The molecule has 0 fully saturated rings. The maximum Gasteiger partial charge on any atom is 0.303 e. The van der Waals surface area contributed by atoms with Crippen LogP contribution in [-0.4, -0.2) is 22.6 Å². The number of hydrogen-bond acceptors (Lipinski definition) is 3. The Kier molecular flexibility index (Phi) is 3.89. The number of nitrogens with one attached hydrogen (secondary N) is 1. The average molecular weight is 266 g/mol. The van der Waals surface area contributed by atoms with Crippen LogP contribution in [0.25, 0.3) is 10.8 Å². The smallest absolute Gasteiger partial charge is 0.303 e. The van der Waals surface area contributed by atoms with Crippen LogP contribution in [0, 0.1) is 11.6 Å². The number of aromatic nitrogens is 1. The van der Waals surface area contributed by atoms with E-state index in [4.69, 9.17) is 5.11 Å². The van der Waals surface area contributed by atoms with E-state index in [1.807, 2.05) is 0 Å². The largest absolute Gasteiger partial charge is 0.481 e. The van der Waals surface area contributed by atoms with E-state index in [-0.39, 0.29) is 11.8 Å². The van der Waals surface area contributed by atoms with Gasteiger partial charge in [-0.15, -0.1) is 0 Å². The third-order valence-corrected chi connectivity index (χ3v) is 2.64. The second-order valence-electron chi connectivity index (χ2n) is 4.07. The highest BCUT2D eigenvalue weighted by atomic mass is 19.1. The maximum absolute atomic E-state index is 13.7. The summed E-state index contributed by atoms with van der Waals surface area (Å²) in [6.45, 7) is 0.356. The second-order valence-corrected chi connectivity index (χ2v) is 4.07. The first-order chi connectivity index (χ1) is 9.08. The molecular formula is C13H12F2N2O2. The molecule has 1 aromatic heterocycles. The highest BCUT2D eigenvalue weighted by molar-refractivity contribution is 5.92. The summed E-state index contributed by atoms with van der Waals surface area (Å²) >= 11 is 0. The quantitative estimate of drug-likeness (QED) is 0.817. The molecule has 1 heterocycles. The van der Waals surface area contributed by atoms with Gasteiger partial charge in [-0.1, -0.05) is 0 Å². The van der Waals surface area contributed by atoms with Gasteiger partial charge in [0.15, 0.2) is 0 Å². The molecule has 0 unspecified atom stereocenters. The maximum atomic E-state index is 13.7. The Morgan fingerprint density at radius 2 is 2.16 bits per heavy atom. The molecule has 2 aromatic rings. The van der Waals surface area contributed by atoms with E-state index in [0.717, 1.165) is 6.07 Å². The van der Waals surface area contributed by atoms with Crippen LogP contribution in [0.5, 0.6) is 0 Å². The molecule has 0 spiro atoms. The fourth-order valence-corrected chi connectivity index (χ4v) is 1.81. The van der Waals surface area contributed by atoms with Crippen LogP contribution in [0.1, 0.15) is 12.8 Å². The van der Waals surface area contributed by atoms with Crippen LogP contribution in [0.4, 0.5) is 14.6 Å². The molecule has 19 heavy (non-hydrogen) atoms. The zero-order valence-electron chi connectivity index (χ0n) is 9.99. The zero-order valence-corrected chi connectivity index (χ0v) is 9.99. The van der Waals surface area contributed by atoms with E-state index in [0.29, 0.717) is 24.2 Å². The summed E-state index contributed by atoms with van der Waals surface area (Å²) in [5.74, 6) is -1.93. The van der Waals surface area contributed by atoms with Crippen molar-refractivity contribution in [1.82, 2.24) is 4.98 Å². The molecule has 0 aliphatic heterocycles. The summed E-state index contributed by atoms with van der Waals surface area (Å²) in [7, 11) is 0. The van der Waals surface area contributed by atoms with Gasteiger partial charge >= 0.3 is 5.97 Å². The highest BCUT2D eigenvalue weighted by Gasteiger charge is 2.09. The predicted molar refractivity (Wildman–Crippen MR) is 67.0 cm³/mol. The standard InChI is InChI=1S/C13H12F2N2O2/c14-9-6-8-3-5-17-13(12(8)10(15)7-9)16-4-1-2-11(18)19/h3,5-7H,1-2,4H2,(H,16,17)(H,18,19). The molecule has 100 valence electrons. The molecule has 0 saturated carbocycles. The van der Waals surface area contributed by atoms with Crippen LogP contribution in [0.3, 0.4) is 0 Å². The van der Waals surface area contributed by atoms with E-state index in [1.165, 1.54) is 18.3 Å². The lowest BCUT2D eigenvalue weighted by Crippen LogP contribution is -2.07. The van der Waals surface area contributed by atoms with E-state index in [2.05, 4.69) is 10.3 Å². The van der Waals surface area contributed by atoms with Gasteiger partial charge in [-0.2, -0.15) is 0 Å². The number of pyridine rings is 1. The number of benzene rings is 1. The van der Waals surface area contributed by atoms with Crippen LogP contribution in [-0.2, 0) is 4.79 Å². The van der Waals surface area contributed by atoms with E-state index in [1.54, 1.807) is 0 Å². The molecule has 0 bridgehead atoms. The molecule has 2 N–H and O–H groups in total. The summed E-state index contributed by atoms with van der Waals surface area (Å²) in [6.07, 6.45) is 1.87. The Labute approximate surface area is 108 Å². The molecule has 0 aliphatic rings. The number of halogens is 2. The number of fused-ring (bicyclic) bond motifs is 1. The van der Waals surface area contributed by atoms with Crippen molar-refractivity contribution in [1.29, 1.82) is 0 Å². The van der Waals surface area contributed by atoms with E-state index < -0.39 is 17.6 Å². The molecule has 6 heteroatoms. The Morgan fingerprint density at radius 3 is 2.89 bits per heavy atom. The molecule has 0 aliphatic carbocycles. The molecule has 0 amide bonds. The van der Waals surface area contributed by atoms with Crippen LogP contribution in [0.15, 0.2) is 24.4 Å². The summed E-state index contributed by atoms with van der Waals surface area (Å²) < 4.78 is 26.8. The average Bonchev–Trinajstić information content (AvgIpc) is 2.33. The van der Waals surface area contributed by atoms with Gasteiger partial charge in [-0.25, -0.2) is 13.8 Å². The van der Waals surface area contributed by atoms with Gasteiger partial charge in [0.05, 0.1) is 5.39 Å². The van der Waals surface area contributed by atoms with Gasteiger partial charge < -0.3 is 10.4 Å². The summed E-state index contributed by atoms with van der Waals surface area (Å²) in [4.78, 5) is 14.4. The third kappa shape index (κ3) is 3.15. The first kappa shape index (κ1) is 13.2. The molecular weight excluding hydrogens is 254 g/mol. The third-order valence-electron chi connectivity index (χ3n) is 2.64. The number of carbonyl (C=O) groups is 1. The fraction of sp³-hybridized carbons (Fsp3) is 0.231. The number of rotatable bonds is 5. The van der Waals surface area contributed by atoms with Crippen LogP contribution >= 0.6 is 0 Å². The van der Waals surface area contributed by atoms with Gasteiger partial charge in [0.1, 0.15) is 17.5 Å². The minimum atomic E-state index is -0.888. The zero-order chi connectivity index (χ0) is 13.8. The second kappa shape index (κ2) is 5.60. The van der Waals surface area contributed by atoms with Crippen molar-refractivity contribution in [2.45, 2.75) is 12.8 Å². The first-order valence-electron chi connectivity index (χ1n) is 5.77. The van der Waals surface area contributed by atoms with Crippen molar-refractivity contribution < 1.29 is 18.7 Å². The lowest BCUT2D eigenvalue weighted by atomic mass is 10.1. The fourth-order valence-electron chi connectivity index (χ4n) is 1.81. The molecule has 0 radical (unpaired) electrons. The number of aliphatic carboxylic acids is 1. The Morgan fingerprint density at radius 1 is 1.37 bits per heavy atom. The Hall–Kier alpha value is -2.24. The topological polar surface area (TPSA) is 62.2 Å². The SMILES string of the molecule is O=C(O)CCCNc1nccc2cc(F)cc(F)c12. The Bertz CT molecular complexity index is 617. The number of carboxylic acid groups (broad SMARTS) is 1. The summed E-state index contributed by atoms with van der Waals surface area (Å²) in [5.41, 5.74) is 0. The number of anilines is 1. The van der Waals surface area contributed by atoms with E-state index in [9.17, 15) is 13.6 Å². The lowest BCUT2D eigenvalue weighted by Gasteiger charge is -2.09. The van der Waals surface area contributed by atoms with Crippen molar-refractivity contribution in [3.63, 3.8) is 0 Å². The van der Waals surface area contributed by atoms with Gasteiger partial charge in [-0.05, 0) is 23.9 Å². The Balaban J connectivity index is 2.21. The van der Waals surface area contributed by atoms with Crippen molar-refractivity contribution in [2.24, 2.45) is 0 Å². The van der Waals surface area contributed by atoms with Crippen molar-refractivity contribution in [3.05, 3.63) is 36.0 Å². The van der Waals surface area contributed by atoms with Crippen molar-refractivity contribution in [3.8, 4) is 0 Å². The molecule has 4 nitrogen and oxygen atoms in total. The number of nitrogens with zero attached hydrogens (tertiary/aromatic N) is 1. The van der Waals surface area contributed by atoms with Crippen LogP contribution in [0.2, 0.25) is 0 Å². The minimum absolute atomic E-state index is 0.0227. The number of hydrogen-bond donors (Lipinski definition) is 2. The van der Waals surface area contributed by atoms with Crippen molar-refractivity contribution >= 4 is 22.6 Å². The predicted octanol–water partition coefficient (Wildman–Crippen LogP) is 2.79. The van der Waals surface area contributed by atoms with E-state index >= 15 is 0 Å². The lowest BCUT2D eigenvalue weighted by molar-refractivity contribution is -0.137. The van der Waals surface area contributed by atoms with Gasteiger partial charge in [0.25, 0.3) is 0 Å². The first-order valence-corrected chi connectivity index (χ1v) is 5.77. The molecule has 1 aromatic carbocycles. The van der Waals surface area contributed by atoms with Crippen LogP contribution < -0.4 is 5.32 Å². The summed E-state index contributed by atoms with van der Waals surface area (Å²) in [6, 6.07) is 3.54. The normalized spacial score (nSPS) is 10.6. The minimum Gasteiger partial charge on any atom is -0.481 e. The van der Waals surface area contributed by atoms with Crippen molar-refractivity contribution in [2.75, 3.05) is 11.9 Å². The van der Waals surface area contributed by atoms with Gasteiger partial charge in [0.2, 0.25) is 0 Å². The van der Waals surface area contributed by atoms with Gasteiger partial charge in [-0.3, -0.25) is 4.79 Å². The molecule has 0 atom stereocenters. The molecule has 2 rings (SSSR count). The van der Waals surface area contributed by atoms with Gasteiger partial charge in [0, 0.05) is 25.2 Å².